The molecule has 0 spiro atoms. The van der Waals surface area contributed by atoms with Gasteiger partial charge in [-0.1, -0.05) is 54.6 Å². The first-order chi connectivity index (χ1) is 10.7. The number of nitrogens with zero attached hydrogens (tertiary/aromatic N) is 1. The summed E-state index contributed by atoms with van der Waals surface area (Å²) in [6.45, 7) is 4.97. The number of rotatable bonds is 4. The Morgan fingerprint density at radius 1 is 1.00 bits per heavy atom. The van der Waals surface area contributed by atoms with Crippen LogP contribution in [-0.4, -0.2) is 23.8 Å². The summed E-state index contributed by atoms with van der Waals surface area (Å²) in [5.41, 5.74) is 3.58. The van der Waals surface area contributed by atoms with Gasteiger partial charge in [0, 0.05) is 12.1 Å². The van der Waals surface area contributed by atoms with Gasteiger partial charge in [-0.2, -0.15) is 0 Å². The normalized spacial score (nSPS) is 16.6. The lowest BCUT2D eigenvalue weighted by Crippen LogP contribution is -2.32. The van der Waals surface area contributed by atoms with Gasteiger partial charge in [0.05, 0.1) is 0 Å². The molecule has 0 atom stereocenters. The van der Waals surface area contributed by atoms with E-state index < -0.39 is 0 Å². The van der Waals surface area contributed by atoms with Crippen molar-refractivity contribution in [3.05, 3.63) is 71.3 Å². The van der Waals surface area contributed by atoms with Crippen LogP contribution in [0.15, 0.2) is 54.6 Å². The monoisotopic (exact) mass is 293 g/mol. The predicted molar refractivity (Wildman–Crippen MR) is 90.1 cm³/mol. The van der Waals surface area contributed by atoms with Crippen LogP contribution in [0, 0.1) is 0 Å². The summed E-state index contributed by atoms with van der Waals surface area (Å²) in [6.07, 6.45) is 2.40. The average molecular weight is 293 g/mol. The molecule has 1 heterocycles. The third-order valence-electron chi connectivity index (χ3n) is 4.63. The molecular formula is C20H23NO. The van der Waals surface area contributed by atoms with E-state index in [1.165, 1.54) is 24.0 Å². The van der Waals surface area contributed by atoms with E-state index in [0.717, 1.165) is 25.2 Å². The van der Waals surface area contributed by atoms with Crippen LogP contribution in [0.5, 0.6) is 0 Å². The van der Waals surface area contributed by atoms with Crippen LogP contribution >= 0.6 is 0 Å². The Labute approximate surface area is 132 Å². The molecule has 2 aromatic rings. The van der Waals surface area contributed by atoms with Gasteiger partial charge < -0.3 is 0 Å². The van der Waals surface area contributed by atoms with Crippen LogP contribution < -0.4 is 0 Å². The van der Waals surface area contributed by atoms with E-state index >= 15 is 0 Å². The summed E-state index contributed by atoms with van der Waals surface area (Å²) in [5, 5.41) is 0. The fourth-order valence-corrected chi connectivity index (χ4v) is 3.26. The van der Waals surface area contributed by atoms with E-state index in [1.807, 2.05) is 12.1 Å². The van der Waals surface area contributed by atoms with Crippen LogP contribution in [-0.2, 0) is 6.54 Å². The minimum Gasteiger partial charge on any atom is -0.299 e. The van der Waals surface area contributed by atoms with E-state index in [-0.39, 0.29) is 5.78 Å². The third-order valence-corrected chi connectivity index (χ3v) is 4.63. The summed E-state index contributed by atoms with van der Waals surface area (Å²) in [5.74, 6) is 0.775. The first-order valence-corrected chi connectivity index (χ1v) is 8.09. The lowest BCUT2D eigenvalue weighted by Gasteiger charge is -2.32. The van der Waals surface area contributed by atoms with Crippen LogP contribution in [0.4, 0.5) is 0 Å². The van der Waals surface area contributed by atoms with Gasteiger partial charge in [0.2, 0.25) is 0 Å². The van der Waals surface area contributed by atoms with Gasteiger partial charge in [0.15, 0.2) is 5.78 Å². The zero-order valence-electron chi connectivity index (χ0n) is 13.2. The average Bonchev–Trinajstić information content (AvgIpc) is 2.57. The van der Waals surface area contributed by atoms with Gasteiger partial charge in [-0.3, -0.25) is 9.69 Å². The Balaban J connectivity index is 1.56. The third kappa shape index (κ3) is 3.63. The number of carbonyl (C=O) groups excluding carboxylic acids is 1. The van der Waals surface area contributed by atoms with Crippen molar-refractivity contribution in [2.24, 2.45) is 0 Å². The number of likely N-dealkylation sites (tertiary alicyclic amines) is 1. The fourth-order valence-electron chi connectivity index (χ4n) is 3.26. The van der Waals surface area contributed by atoms with Gasteiger partial charge in [-0.05, 0) is 49.9 Å². The molecule has 0 amide bonds. The number of hydrogen-bond donors (Lipinski definition) is 0. The standard InChI is InChI=1S/C20H23NO/c1-16(22)18-7-9-19(10-8-18)20-11-13-21(14-12-20)15-17-5-3-2-4-6-17/h2-10,20H,11-15H2,1H3. The second-order valence-corrected chi connectivity index (χ2v) is 6.21. The van der Waals surface area contributed by atoms with Crippen molar-refractivity contribution in [1.29, 1.82) is 0 Å². The lowest BCUT2D eigenvalue weighted by molar-refractivity contribution is 0.101. The molecule has 0 saturated carbocycles. The molecule has 0 N–H and O–H groups in total. The Morgan fingerprint density at radius 3 is 2.23 bits per heavy atom. The number of piperidine rings is 1. The second kappa shape index (κ2) is 6.89. The van der Waals surface area contributed by atoms with Crippen LogP contribution in [0.3, 0.4) is 0 Å². The highest BCUT2D eigenvalue weighted by Gasteiger charge is 2.20. The number of carbonyl (C=O) groups is 1. The topological polar surface area (TPSA) is 20.3 Å². The molecule has 0 unspecified atom stereocenters. The van der Waals surface area contributed by atoms with E-state index in [0.29, 0.717) is 5.92 Å². The fraction of sp³-hybridized carbons (Fsp3) is 0.350. The zero-order chi connectivity index (χ0) is 15.4. The van der Waals surface area contributed by atoms with Crippen molar-refractivity contribution in [2.75, 3.05) is 13.1 Å². The highest BCUT2D eigenvalue weighted by Crippen LogP contribution is 2.28. The quantitative estimate of drug-likeness (QED) is 0.785. The molecule has 0 radical (unpaired) electrons. The van der Waals surface area contributed by atoms with E-state index in [1.54, 1.807) is 6.92 Å². The van der Waals surface area contributed by atoms with Gasteiger partial charge in [0.1, 0.15) is 0 Å². The number of benzene rings is 2. The van der Waals surface area contributed by atoms with Crippen LogP contribution in [0.25, 0.3) is 0 Å². The molecule has 0 bridgehead atoms. The highest BCUT2D eigenvalue weighted by molar-refractivity contribution is 5.94. The molecule has 1 fully saturated rings. The summed E-state index contributed by atoms with van der Waals surface area (Å²) in [4.78, 5) is 13.9. The van der Waals surface area contributed by atoms with Gasteiger partial charge >= 0.3 is 0 Å². The Bertz CT molecular complexity index is 610. The van der Waals surface area contributed by atoms with E-state index in [2.05, 4.69) is 47.4 Å². The minimum atomic E-state index is 0.143. The summed E-state index contributed by atoms with van der Waals surface area (Å²) in [6, 6.07) is 18.9. The summed E-state index contributed by atoms with van der Waals surface area (Å²) >= 11 is 0. The number of hydrogen-bond acceptors (Lipinski definition) is 2. The largest absolute Gasteiger partial charge is 0.299 e. The number of ketones is 1. The van der Waals surface area contributed by atoms with Crippen LogP contribution in [0.1, 0.15) is 47.2 Å². The molecule has 1 saturated heterocycles. The second-order valence-electron chi connectivity index (χ2n) is 6.21. The van der Waals surface area contributed by atoms with Gasteiger partial charge in [-0.25, -0.2) is 0 Å². The van der Waals surface area contributed by atoms with Crippen molar-refractivity contribution < 1.29 is 4.79 Å². The van der Waals surface area contributed by atoms with E-state index in [4.69, 9.17) is 0 Å². The molecule has 2 nitrogen and oxygen atoms in total. The van der Waals surface area contributed by atoms with Crippen molar-refractivity contribution in [3.63, 3.8) is 0 Å². The van der Waals surface area contributed by atoms with Gasteiger partial charge in [-0.15, -0.1) is 0 Å². The maximum atomic E-state index is 11.3. The van der Waals surface area contributed by atoms with Crippen molar-refractivity contribution >= 4 is 5.78 Å². The summed E-state index contributed by atoms with van der Waals surface area (Å²) in [7, 11) is 0. The van der Waals surface area contributed by atoms with Crippen molar-refractivity contribution in [2.45, 2.75) is 32.2 Å². The SMILES string of the molecule is CC(=O)c1ccc(C2CCN(Cc3ccccc3)CC2)cc1. The molecule has 22 heavy (non-hydrogen) atoms. The maximum absolute atomic E-state index is 11.3. The first-order valence-electron chi connectivity index (χ1n) is 8.09. The molecule has 114 valence electrons. The molecule has 0 aliphatic carbocycles. The van der Waals surface area contributed by atoms with Gasteiger partial charge in [0.25, 0.3) is 0 Å². The predicted octanol–water partition coefficient (Wildman–Crippen LogP) is 4.27. The number of Topliss-reactive ketones (excluding diaryl/α,β-unsaturated/α-hetero) is 1. The molecule has 1 aliphatic rings. The highest BCUT2D eigenvalue weighted by atomic mass is 16.1. The molecule has 0 aromatic heterocycles. The van der Waals surface area contributed by atoms with Crippen molar-refractivity contribution in [1.82, 2.24) is 4.90 Å². The minimum absolute atomic E-state index is 0.143. The summed E-state index contributed by atoms with van der Waals surface area (Å²) < 4.78 is 0. The van der Waals surface area contributed by atoms with Crippen LogP contribution in [0.2, 0.25) is 0 Å². The Morgan fingerprint density at radius 2 is 1.64 bits per heavy atom. The first kappa shape index (κ1) is 15.0. The molecule has 1 aliphatic heterocycles. The molecular weight excluding hydrogens is 270 g/mol. The van der Waals surface area contributed by atoms with E-state index in [9.17, 15) is 4.79 Å². The van der Waals surface area contributed by atoms with Crippen molar-refractivity contribution in [3.8, 4) is 0 Å². The smallest absolute Gasteiger partial charge is 0.159 e. The molecule has 2 aromatic carbocycles. The lowest BCUT2D eigenvalue weighted by atomic mass is 9.88. The maximum Gasteiger partial charge on any atom is 0.159 e. The molecule has 2 heteroatoms. The zero-order valence-corrected chi connectivity index (χ0v) is 13.2. The Kier molecular flexibility index (Phi) is 4.69. The Hall–Kier alpha value is -1.93. The molecule has 3 rings (SSSR count).